The summed E-state index contributed by atoms with van der Waals surface area (Å²) in [6, 6.07) is 20.4. The van der Waals surface area contributed by atoms with Crippen LogP contribution in [0.25, 0.3) is 10.9 Å². The zero-order valence-corrected chi connectivity index (χ0v) is 17.0. The summed E-state index contributed by atoms with van der Waals surface area (Å²) in [4.78, 5) is 4.56. The van der Waals surface area contributed by atoms with Gasteiger partial charge in [0.05, 0.1) is 4.90 Å². The first-order valence-corrected chi connectivity index (χ1v) is 10.7. The van der Waals surface area contributed by atoms with E-state index in [1.807, 2.05) is 31.2 Å². The molecule has 1 heterocycles. The van der Waals surface area contributed by atoms with Crippen molar-refractivity contribution in [3.8, 4) is 11.5 Å². The van der Waals surface area contributed by atoms with Gasteiger partial charge in [-0.1, -0.05) is 23.7 Å². The maximum Gasteiger partial charge on any atom is 0.261 e. The average Bonchev–Trinajstić information content (AvgIpc) is 2.70. The number of sulfonamides is 1. The number of nitrogens with one attached hydrogen (secondary N) is 1. The van der Waals surface area contributed by atoms with Crippen molar-refractivity contribution in [2.75, 3.05) is 4.72 Å². The van der Waals surface area contributed by atoms with Gasteiger partial charge in [0.15, 0.2) is 5.75 Å². The quantitative estimate of drug-likeness (QED) is 0.440. The normalized spacial score (nSPS) is 11.4. The second-order valence-corrected chi connectivity index (χ2v) is 8.58. The molecule has 0 saturated heterocycles. The largest absolute Gasteiger partial charge is 0.455 e. The molecule has 4 rings (SSSR count). The fourth-order valence-corrected chi connectivity index (χ4v) is 4.10. The first-order valence-electron chi connectivity index (χ1n) is 8.83. The number of benzene rings is 3. The molecule has 29 heavy (non-hydrogen) atoms. The molecular weight excluding hydrogens is 408 g/mol. The minimum absolute atomic E-state index is 0.138. The van der Waals surface area contributed by atoms with Crippen LogP contribution in [0, 0.1) is 6.92 Å². The highest BCUT2D eigenvalue weighted by atomic mass is 35.5. The molecular formula is C22H17ClN2O3S. The van der Waals surface area contributed by atoms with E-state index in [0.29, 0.717) is 22.2 Å². The molecule has 5 nitrogen and oxygen atoms in total. The van der Waals surface area contributed by atoms with Gasteiger partial charge in [0.1, 0.15) is 11.3 Å². The summed E-state index contributed by atoms with van der Waals surface area (Å²) in [6.07, 6.45) is 1.75. The molecule has 3 aromatic carbocycles. The van der Waals surface area contributed by atoms with E-state index in [-0.39, 0.29) is 4.90 Å². The Labute approximate surface area is 174 Å². The molecule has 0 fully saturated rings. The standard InChI is InChI=1S/C22H17ClN2O3S/c1-15-13-14-24-22-20(15)3-2-4-21(22)28-18-9-7-17(8-10-18)25-29(26,27)19-11-5-16(23)6-12-19/h2-14,25H,1H3. The number of para-hydroxylation sites is 1. The van der Waals surface area contributed by atoms with Crippen LogP contribution in [0.2, 0.25) is 5.02 Å². The van der Waals surface area contributed by atoms with Crippen molar-refractivity contribution in [2.24, 2.45) is 0 Å². The summed E-state index contributed by atoms with van der Waals surface area (Å²) in [5, 5.41) is 1.50. The lowest BCUT2D eigenvalue weighted by molar-refractivity contribution is 0.487. The SMILES string of the molecule is Cc1ccnc2c(Oc3ccc(NS(=O)(=O)c4ccc(Cl)cc4)cc3)cccc12. The molecule has 0 bridgehead atoms. The van der Waals surface area contributed by atoms with Gasteiger partial charge in [0.25, 0.3) is 10.0 Å². The van der Waals surface area contributed by atoms with Crippen LogP contribution in [0.15, 0.2) is 83.9 Å². The van der Waals surface area contributed by atoms with Crippen LogP contribution in [0.3, 0.4) is 0 Å². The molecule has 146 valence electrons. The summed E-state index contributed by atoms with van der Waals surface area (Å²) in [5.74, 6) is 1.22. The van der Waals surface area contributed by atoms with Crippen molar-refractivity contribution in [2.45, 2.75) is 11.8 Å². The van der Waals surface area contributed by atoms with E-state index in [9.17, 15) is 8.42 Å². The lowest BCUT2D eigenvalue weighted by Crippen LogP contribution is -2.12. The van der Waals surface area contributed by atoms with Crippen LogP contribution in [0.4, 0.5) is 5.69 Å². The molecule has 0 spiro atoms. The number of hydrogen-bond donors (Lipinski definition) is 1. The maximum atomic E-state index is 12.5. The Kier molecular flexibility index (Phi) is 5.13. The van der Waals surface area contributed by atoms with Crippen LogP contribution in [0.1, 0.15) is 5.56 Å². The molecule has 0 aliphatic rings. The lowest BCUT2D eigenvalue weighted by Gasteiger charge is -2.11. The number of aromatic nitrogens is 1. The van der Waals surface area contributed by atoms with Crippen LogP contribution in [0.5, 0.6) is 11.5 Å². The van der Waals surface area contributed by atoms with Crippen molar-refractivity contribution in [3.05, 3.63) is 89.6 Å². The Morgan fingerprint density at radius 1 is 0.931 bits per heavy atom. The van der Waals surface area contributed by atoms with E-state index in [2.05, 4.69) is 9.71 Å². The van der Waals surface area contributed by atoms with E-state index in [0.717, 1.165) is 16.5 Å². The number of halogens is 1. The number of pyridine rings is 1. The van der Waals surface area contributed by atoms with E-state index < -0.39 is 10.0 Å². The van der Waals surface area contributed by atoms with E-state index >= 15 is 0 Å². The van der Waals surface area contributed by atoms with Crippen molar-refractivity contribution in [3.63, 3.8) is 0 Å². The van der Waals surface area contributed by atoms with E-state index in [1.54, 1.807) is 30.5 Å². The van der Waals surface area contributed by atoms with Crippen LogP contribution in [-0.4, -0.2) is 13.4 Å². The molecule has 1 N–H and O–H groups in total. The molecule has 1 aromatic heterocycles. The Morgan fingerprint density at radius 2 is 1.66 bits per heavy atom. The Bertz CT molecular complexity index is 1270. The van der Waals surface area contributed by atoms with Crippen molar-refractivity contribution < 1.29 is 13.2 Å². The molecule has 0 atom stereocenters. The second kappa shape index (κ2) is 7.73. The summed E-state index contributed by atoms with van der Waals surface area (Å²) >= 11 is 5.82. The highest BCUT2D eigenvalue weighted by molar-refractivity contribution is 7.92. The smallest absolute Gasteiger partial charge is 0.261 e. The van der Waals surface area contributed by atoms with Gasteiger partial charge >= 0.3 is 0 Å². The van der Waals surface area contributed by atoms with Crippen LogP contribution < -0.4 is 9.46 Å². The number of nitrogens with zero attached hydrogens (tertiary/aromatic N) is 1. The van der Waals surface area contributed by atoms with Gasteiger partial charge in [0.2, 0.25) is 0 Å². The third-order valence-corrected chi connectivity index (χ3v) is 6.06. The Hall–Kier alpha value is -3.09. The predicted molar refractivity (Wildman–Crippen MR) is 115 cm³/mol. The Balaban J connectivity index is 1.54. The molecule has 0 radical (unpaired) electrons. The number of fused-ring (bicyclic) bond motifs is 1. The predicted octanol–water partition coefficient (Wildman–Crippen LogP) is 5.79. The average molecular weight is 425 g/mol. The number of rotatable bonds is 5. The minimum Gasteiger partial charge on any atom is -0.455 e. The molecule has 4 aromatic rings. The zero-order chi connectivity index (χ0) is 20.4. The fourth-order valence-electron chi connectivity index (χ4n) is 2.92. The van der Waals surface area contributed by atoms with Gasteiger partial charge in [-0.2, -0.15) is 0 Å². The third kappa shape index (κ3) is 4.18. The topological polar surface area (TPSA) is 68.3 Å². The Morgan fingerprint density at radius 3 is 2.38 bits per heavy atom. The fraction of sp³-hybridized carbons (Fsp3) is 0.0455. The van der Waals surface area contributed by atoms with Crippen LogP contribution >= 0.6 is 11.6 Å². The highest BCUT2D eigenvalue weighted by Crippen LogP contribution is 2.30. The zero-order valence-electron chi connectivity index (χ0n) is 15.5. The molecule has 7 heteroatoms. The van der Waals surface area contributed by atoms with Gasteiger partial charge in [-0.3, -0.25) is 9.71 Å². The molecule has 0 unspecified atom stereocenters. The molecule has 0 amide bonds. The monoisotopic (exact) mass is 424 g/mol. The lowest BCUT2D eigenvalue weighted by atomic mass is 10.1. The first-order chi connectivity index (χ1) is 13.9. The van der Waals surface area contributed by atoms with Gasteiger partial charge in [0, 0.05) is 22.3 Å². The first kappa shape index (κ1) is 19.2. The van der Waals surface area contributed by atoms with E-state index in [4.69, 9.17) is 16.3 Å². The minimum atomic E-state index is -3.69. The van der Waals surface area contributed by atoms with Crippen LogP contribution in [-0.2, 0) is 10.0 Å². The molecule has 0 aliphatic heterocycles. The second-order valence-electron chi connectivity index (χ2n) is 6.47. The van der Waals surface area contributed by atoms with Gasteiger partial charge < -0.3 is 4.74 Å². The third-order valence-electron chi connectivity index (χ3n) is 4.41. The summed E-state index contributed by atoms with van der Waals surface area (Å²) in [7, 11) is -3.69. The maximum absolute atomic E-state index is 12.5. The molecule has 0 aliphatic carbocycles. The van der Waals surface area contributed by atoms with Gasteiger partial charge in [-0.25, -0.2) is 8.42 Å². The summed E-state index contributed by atoms with van der Waals surface area (Å²) in [5.41, 5.74) is 2.33. The highest BCUT2D eigenvalue weighted by Gasteiger charge is 2.14. The molecule has 0 saturated carbocycles. The number of hydrogen-bond acceptors (Lipinski definition) is 4. The van der Waals surface area contributed by atoms with Crippen molar-refractivity contribution in [1.29, 1.82) is 0 Å². The van der Waals surface area contributed by atoms with Gasteiger partial charge in [-0.15, -0.1) is 0 Å². The van der Waals surface area contributed by atoms with Crippen molar-refractivity contribution >= 4 is 38.2 Å². The van der Waals surface area contributed by atoms with E-state index in [1.165, 1.54) is 24.3 Å². The van der Waals surface area contributed by atoms with Gasteiger partial charge in [-0.05, 0) is 73.2 Å². The summed E-state index contributed by atoms with van der Waals surface area (Å²) in [6.45, 7) is 2.02. The van der Waals surface area contributed by atoms with Crippen molar-refractivity contribution in [1.82, 2.24) is 4.98 Å². The number of anilines is 1. The number of aryl methyl sites for hydroxylation is 1. The number of ether oxygens (including phenoxy) is 1. The summed E-state index contributed by atoms with van der Waals surface area (Å²) < 4.78 is 33.5.